The molecule has 16 heavy (non-hydrogen) atoms. The Kier molecular flexibility index (Phi) is 5.22. The molecule has 1 atom stereocenters. The van der Waals surface area contributed by atoms with E-state index in [1.54, 1.807) is 6.92 Å². The van der Waals surface area contributed by atoms with Crippen molar-refractivity contribution in [3.05, 3.63) is 0 Å². The molecule has 4 heteroatoms. The lowest BCUT2D eigenvalue weighted by Gasteiger charge is -2.35. The first-order valence-corrected chi connectivity index (χ1v) is 6.13. The zero-order valence-corrected chi connectivity index (χ0v) is 10.6. The van der Waals surface area contributed by atoms with Crippen LogP contribution < -0.4 is 0 Å². The van der Waals surface area contributed by atoms with Crippen LogP contribution >= 0.6 is 0 Å². The number of rotatable bonds is 4. The first-order chi connectivity index (χ1) is 7.50. The van der Waals surface area contributed by atoms with Gasteiger partial charge in [-0.3, -0.25) is 4.79 Å². The van der Waals surface area contributed by atoms with Crippen LogP contribution in [0.2, 0.25) is 0 Å². The average molecular weight is 228 g/mol. The molecule has 4 nitrogen and oxygen atoms in total. The second-order valence-corrected chi connectivity index (χ2v) is 4.96. The van der Waals surface area contributed by atoms with Crippen molar-refractivity contribution in [2.75, 3.05) is 27.2 Å². The van der Waals surface area contributed by atoms with Gasteiger partial charge in [0.2, 0.25) is 5.91 Å². The molecule has 1 N–H and O–H groups in total. The molecular weight excluding hydrogens is 204 g/mol. The Hall–Kier alpha value is -0.610. The number of likely N-dealkylation sites (tertiary alicyclic amines) is 1. The highest BCUT2D eigenvalue weighted by molar-refractivity contribution is 5.76. The van der Waals surface area contributed by atoms with Crippen LogP contribution in [-0.4, -0.2) is 60.1 Å². The van der Waals surface area contributed by atoms with Crippen LogP contribution in [0.25, 0.3) is 0 Å². The van der Waals surface area contributed by atoms with Gasteiger partial charge in [-0.15, -0.1) is 0 Å². The topological polar surface area (TPSA) is 43.8 Å². The molecule has 1 aliphatic heterocycles. The molecule has 0 aromatic carbocycles. The average Bonchev–Trinajstić information content (AvgIpc) is 2.26. The molecule has 94 valence electrons. The first kappa shape index (κ1) is 13.5. The normalized spacial score (nSPS) is 20.2. The first-order valence-electron chi connectivity index (χ1n) is 6.13. The number of piperidine rings is 1. The fourth-order valence-corrected chi connectivity index (χ4v) is 2.12. The number of carbonyl (C=O) groups is 1. The highest BCUT2D eigenvalue weighted by atomic mass is 16.3. The SMILES string of the molecule is CC(O)CCC(=O)N1CCC(N(C)C)CC1. The highest BCUT2D eigenvalue weighted by Gasteiger charge is 2.23. The third-order valence-electron chi connectivity index (χ3n) is 3.32. The summed E-state index contributed by atoms with van der Waals surface area (Å²) in [5, 5.41) is 9.14. The summed E-state index contributed by atoms with van der Waals surface area (Å²) in [6.45, 7) is 3.45. The summed E-state index contributed by atoms with van der Waals surface area (Å²) in [4.78, 5) is 15.9. The molecule has 1 heterocycles. The number of aliphatic hydroxyl groups excluding tert-OH is 1. The maximum Gasteiger partial charge on any atom is 0.222 e. The minimum absolute atomic E-state index is 0.193. The second-order valence-electron chi connectivity index (χ2n) is 4.96. The van der Waals surface area contributed by atoms with Crippen molar-refractivity contribution >= 4 is 5.91 Å². The van der Waals surface area contributed by atoms with Crippen LogP contribution in [0.1, 0.15) is 32.6 Å². The molecular formula is C12H24N2O2. The lowest BCUT2D eigenvalue weighted by atomic mass is 10.0. The number of hydrogen-bond acceptors (Lipinski definition) is 3. The zero-order valence-electron chi connectivity index (χ0n) is 10.6. The number of aliphatic hydroxyl groups is 1. The van der Waals surface area contributed by atoms with Gasteiger partial charge < -0.3 is 14.9 Å². The molecule has 1 saturated heterocycles. The number of amides is 1. The van der Waals surface area contributed by atoms with E-state index >= 15 is 0 Å². The fraction of sp³-hybridized carbons (Fsp3) is 0.917. The summed E-state index contributed by atoms with van der Waals surface area (Å²) in [6.07, 6.45) is 2.81. The molecule has 0 bridgehead atoms. The quantitative estimate of drug-likeness (QED) is 0.770. The van der Waals surface area contributed by atoms with Gasteiger partial charge >= 0.3 is 0 Å². The van der Waals surface area contributed by atoms with Gasteiger partial charge in [-0.05, 0) is 40.3 Å². The van der Waals surface area contributed by atoms with E-state index in [2.05, 4.69) is 19.0 Å². The van der Waals surface area contributed by atoms with Crippen LogP contribution in [-0.2, 0) is 4.79 Å². The Morgan fingerprint density at radius 3 is 2.44 bits per heavy atom. The monoisotopic (exact) mass is 228 g/mol. The maximum absolute atomic E-state index is 11.8. The van der Waals surface area contributed by atoms with Crippen molar-refractivity contribution in [3.63, 3.8) is 0 Å². The van der Waals surface area contributed by atoms with E-state index < -0.39 is 0 Å². The number of carbonyl (C=O) groups excluding carboxylic acids is 1. The van der Waals surface area contributed by atoms with E-state index in [0.717, 1.165) is 25.9 Å². The number of nitrogens with zero attached hydrogens (tertiary/aromatic N) is 2. The van der Waals surface area contributed by atoms with E-state index in [1.165, 1.54) is 0 Å². The van der Waals surface area contributed by atoms with Gasteiger partial charge in [0, 0.05) is 25.6 Å². The minimum atomic E-state index is -0.372. The largest absolute Gasteiger partial charge is 0.393 e. The van der Waals surface area contributed by atoms with Crippen LogP contribution in [0.3, 0.4) is 0 Å². The third-order valence-corrected chi connectivity index (χ3v) is 3.32. The second kappa shape index (κ2) is 6.21. The van der Waals surface area contributed by atoms with E-state index in [-0.39, 0.29) is 12.0 Å². The van der Waals surface area contributed by atoms with Gasteiger partial charge in [0.05, 0.1) is 6.10 Å². The molecule has 0 radical (unpaired) electrons. The summed E-state index contributed by atoms with van der Waals surface area (Å²) < 4.78 is 0. The Morgan fingerprint density at radius 1 is 1.44 bits per heavy atom. The van der Waals surface area contributed by atoms with Gasteiger partial charge in [-0.1, -0.05) is 0 Å². The summed E-state index contributed by atoms with van der Waals surface area (Å²) in [5.74, 6) is 0.193. The summed E-state index contributed by atoms with van der Waals surface area (Å²) in [7, 11) is 4.19. The predicted octanol–water partition coefficient (Wildman–Crippen LogP) is 0.700. The molecule has 0 saturated carbocycles. The van der Waals surface area contributed by atoms with Crippen molar-refractivity contribution in [3.8, 4) is 0 Å². The lowest BCUT2D eigenvalue weighted by Crippen LogP contribution is -2.44. The maximum atomic E-state index is 11.8. The Morgan fingerprint density at radius 2 is 2.00 bits per heavy atom. The van der Waals surface area contributed by atoms with E-state index in [0.29, 0.717) is 18.9 Å². The van der Waals surface area contributed by atoms with Crippen LogP contribution in [0.15, 0.2) is 0 Å². The van der Waals surface area contributed by atoms with Gasteiger partial charge in [0.15, 0.2) is 0 Å². The molecule has 1 aliphatic rings. The molecule has 0 aliphatic carbocycles. The standard InChI is InChI=1S/C12H24N2O2/c1-10(15)4-5-12(16)14-8-6-11(7-9-14)13(2)3/h10-11,15H,4-9H2,1-3H3. The third kappa shape index (κ3) is 4.10. The van der Waals surface area contributed by atoms with Crippen molar-refractivity contribution in [2.45, 2.75) is 44.8 Å². The molecule has 0 spiro atoms. The minimum Gasteiger partial charge on any atom is -0.393 e. The van der Waals surface area contributed by atoms with Crippen molar-refractivity contribution in [1.82, 2.24) is 9.80 Å². The Labute approximate surface area is 98.2 Å². The highest BCUT2D eigenvalue weighted by Crippen LogP contribution is 2.15. The van der Waals surface area contributed by atoms with Crippen molar-refractivity contribution < 1.29 is 9.90 Å². The molecule has 0 aromatic rings. The van der Waals surface area contributed by atoms with Gasteiger partial charge in [0.1, 0.15) is 0 Å². The molecule has 1 rings (SSSR count). The smallest absolute Gasteiger partial charge is 0.222 e. The molecule has 1 amide bonds. The number of hydrogen-bond donors (Lipinski definition) is 1. The van der Waals surface area contributed by atoms with Crippen molar-refractivity contribution in [2.24, 2.45) is 0 Å². The van der Waals surface area contributed by atoms with Crippen molar-refractivity contribution in [1.29, 1.82) is 0 Å². The summed E-state index contributed by atoms with van der Waals surface area (Å²) in [6, 6.07) is 0.612. The van der Waals surface area contributed by atoms with Crippen LogP contribution in [0.5, 0.6) is 0 Å². The fourth-order valence-electron chi connectivity index (χ4n) is 2.12. The predicted molar refractivity (Wildman–Crippen MR) is 64.2 cm³/mol. The van der Waals surface area contributed by atoms with Crippen LogP contribution in [0, 0.1) is 0 Å². The van der Waals surface area contributed by atoms with E-state index in [9.17, 15) is 4.79 Å². The van der Waals surface area contributed by atoms with Gasteiger partial charge in [-0.2, -0.15) is 0 Å². The Bertz CT molecular complexity index is 221. The summed E-state index contributed by atoms with van der Waals surface area (Å²) >= 11 is 0. The van der Waals surface area contributed by atoms with Crippen LogP contribution in [0.4, 0.5) is 0 Å². The van der Waals surface area contributed by atoms with Gasteiger partial charge in [0.25, 0.3) is 0 Å². The molecule has 1 fully saturated rings. The Balaban J connectivity index is 2.27. The van der Waals surface area contributed by atoms with Gasteiger partial charge in [-0.25, -0.2) is 0 Å². The zero-order chi connectivity index (χ0) is 12.1. The molecule has 1 unspecified atom stereocenters. The summed E-state index contributed by atoms with van der Waals surface area (Å²) in [5.41, 5.74) is 0. The van der Waals surface area contributed by atoms with E-state index in [4.69, 9.17) is 5.11 Å². The molecule has 0 aromatic heterocycles. The lowest BCUT2D eigenvalue weighted by molar-refractivity contribution is -0.133. The van der Waals surface area contributed by atoms with E-state index in [1.807, 2.05) is 4.90 Å².